The van der Waals surface area contributed by atoms with Crippen molar-refractivity contribution in [2.45, 2.75) is 17.0 Å². The third kappa shape index (κ3) is 2.12. The monoisotopic (exact) mass is 244 g/mol. The van der Waals surface area contributed by atoms with Crippen molar-refractivity contribution in [3.63, 3.8) is 0 Å². The lowest BCUT2D eigenvalue weighted by atomic mass is 10.5. The minimum atomic E-state index is -5.36. The number of ether oxygens (including phenoxy) is 1. The summed E-state index contributed by atoms with van der Waals surface area (Å²) in [5, 5.41) is 5.37. The Morgan fingerprint density at radius 2 is 2.13 bits per heavy atom. The number of H-pyrrole nitrogens is 1. The van der Waals surface area contributed by atoms with Crippen molar-refractivity contribution in [2.24, 2.45) is 0 Å². The SMILES string of the molecule is COCc1[nH]ncc1S(=O)(=O)C(F)(F)F. The van der Waals surface area contributed by atoms with Crippen molar-refractivity contribution < 1.29 is 26.3 Å². The Hall–Kier alpha value is -1.09. The lowest BCUT2D eigenvalue weighted by Gasteiger charge is -2.07. The van der Waals surface area contributed by atoms with E-state index >= 15 is 0 Å². The Kier molecular flexibility index (Phi) is 3.05. The zero-order chi connectivity index (χ0) is 11.7. The van der Waals surface area contributed by atoms with E-state index < -0.39 is 20.2 Å². The maximum absolute atomic E-state index is 12.1. The van der Waals surface area contributed by atoms with Crippen LogP contribution in [0, 0.1) is 0 Å². The number of rotatable bonds is 3. The van der Waals surface area contributed by atoms with Gasteiger partial charge in [0, 0.05) is 7.11 Å². The van der Waals surface area contributed by atoms with Crippen LogP contribution in [0.2, 0.25) is 0 Å². The number of hydrogen-bond acceptors (Lipinski definition) is 4. The number of alkyl halides is 3. The Bertz CT molecular complexity index is 437. The number of aromatic amines is 1. The second-order valence-corrected chi connectivity index (χ2v) is 4.50. The summed E-state index contributed by atoms with van der Waals surface area (Å²) in [6.07, 6.45) is 0.608. The summed E-state index contributed by atoms with van der Waals surface area (Å²) in [6.45, 7) is -0.287. The van der Waals surface area contributed by atoms with Crippen LogP contribution in [0.25, 0.3) is 0 Å². The largest absolute Gasteiger partial charge is 0.502 e. The molecule has 9 heteroatoms. The van der Waals surface area contributed by atoms with E-state index in [-0.39, 0.29) is 12.3 Å². The maximum atomic E-state index is 12.1. The molecule has 0 spiro atoms. The van der Waals surface area contributed by atoms with Gasteiger partial charge in [0.15, 0.2) is 0 Å². The summed E-state index contributed by atoms with van der Waals surface area (Å²) in [6, 6.07) is 0. The molecule has 1 N–H and O–H groups in total. The molecule has 0 saturated heterocycles. The highest BCUT2D eigenvalue weighted by Crippen LogP contribution is 2.31. The number of aromatic nitrogens is 2. The first-order valence-electron chi connectivity index (χ1n) is 3.63. The molecule has 0 bridgehead atoms. The lowest BCUT2D eigenvalue weighted by Crippen LogP contribution is -2.24. The number of sulfone groups is 1. The van der Waals surface area contributed by atoms with Gasteiger partial charge < -0.3 is 4.74 Å². The molecule has 1 aromatic rings. The predicted octanol–water partition coefficient (Wildman–Crippen LogP) is 0.850. The molecule has 5 nitrogen and oxygen atoms in total. The lowest BCUT2D eigenvalue weighted by molar-refractivity contribution is -0.0436. The zero-order valence-corrected chi connectivity index (χ0v) is 8.32. The Labute approximate surface area is 83.2 Å². The molecule has 0 amide bonds. The van der Waals surface area contributed by atoms with Gasteiger partial charge in [-0.1, -0.05) is 0 Å². The van der Waals surface area contributed by atoms with E-state index in [4.69, 9.17) is 0 Å². The standard InChI is InChI=1S/C6H7F3N2O3S/c1-14-3-4-5(2-10-11-4)15(12,13)6(7,8)9/h2H,3H2,1H3,(H,10,11). The summed E-state index contributed by atoms with van der Waals surface area (Å²) < 4.78 is 62.9. The first-order chi connectivity index (χ1) is 6.80. The number of methoxy groups -OCH3 is 1. The zero-order valence-electron chi connectivity index (χ0n) is 7.50. The van der Waals surface area contributed by atoms with Gasteiger partial charge in [0.05, 0.1) is 18.5 Å². The summed E-state index contributed by atoms with van der Waals surface area (Å²) in [5.41, 5.74) is -5.56. The van der Waals surface area contributed by atoms with Gasteiger partial charge in [-0.3, -0.25) is 5.10 Å². The van der Waals surface area contributed by atoms with Crippen LogP contribution in [0.5, 0.6) is 0 Å². The fourth-order valence-corrected chi connectivity index (χ4v) is 1.78. The molecule has 0 aromatic carbocycles. The van der Waals surface area contributed by atoms with E-state index in [1.165, 1.54) is 7.11 Å². The Morgan fingerprint density at radius 3 is 2.60 bits per heavy atom. The third-order valence-corrected chi connectivity index (χ3v) is 3.10. The molecule has 0 fully saturated rings. The van der Waals surface area contributed by atoms with Crippen molar-refractivity contribution in [1.82, 2.24) is 10.2 Å². The molecule has 0 aliphatic rings. The van der Waals surface area contributed by atoms with Crippen molar-refractivity contribution >= 4 is 9.84 Å². The second-order valence-electron chi connectivity index (χ2n) is 2.59. The van der Waals surface area contributed by atoms with Crippen LogP contribution in [0.15, 0.2) is 11.1 Å². The molecule has 0 saturated carbocycles. The number of halogens is 3. The van der Waals surface area contributed by atoms with Crippen molar-refractivity contribution in [1.29, 1.82) is 0 Å². The highest BCUT2D eigenvalue weighted by atomic mass is 32.2. The molecule has 1 rings (SSSR count). The minimum absolute atomic E-state index is 0.227. The molecule has 1 heterocycles. The highest BCUT2D eigenvalue weighted by molar-refractivity contribution is 7.92. The van der Waals surface area contributed by atoms with Gasteiger partial charge >= 0.3 is 5.51 Å². The van der Waals surface area contributed by atoms with Gasteiger partial charge in [-0.2, -0.15) is 18.3 Å². The Balaban J connectivity index is 3.22. The summed E-state index contributed by atoms with van der Waals surface area (Å²) in [4.78, 5) is -0.906. The number of nitrogens with zero attached hydrogens (tertiary/aromatic N) is 1. The second kappa shape index (κ2) is 3.81. The Morgan fingerprint density at radius 1 is 1.53 bits per heavy atom. The van der Waals surface area contributed by atoms with Gasteiger partial charge in [0.2, 0.25) is 0 Å². The van der Waals surface area contributed by atoms with Crippen molar-refractivity contribution in [2.75, 3.05) is 7.11 Å². The van der Waals surface area contributed by atoms with Gasteiger partial charge in [0.1, 0.15) is 4.90 Å². The maximum Gasteiger partial charge on any atom is 0.502 e. The highest BCUT2D eigenvalue weighted by Gasteiger charge is 2.48. The van der Waals surface area contributed by atoms with Gasteiger partial charge in [-0.15, -0.1) is 0 Å². The fourth-order valence-electron chi connectivity index (χ4n) is 0.906. The van der Waals surface area contributed by atoms with Crippen LogP contribution in [-0.4, -0.2) is 31.2 Å². The van der Waals surface area contributed by atoms with E-state index in [1.807, 2.05) is 0 Å². The molecule has 0 unspecified atom stereocenters. The molecule has 0 radical (unpaired) electrons. The molecule has 1 aromatic heterocycles. The van der Waals surface area contributed by atoms with Crippen molar-refractivity contribution in [3.05, 3.63) is 11.9 Å². The van der Waals surface area contributed by atoms with Gasteiger partial charge in [-0.25, -0.2) is 8.42 Å². The molecule has 0 aliphatic carbocycles. The molecular formula is C6H7F3N2O3S. The van der Waals surface area contributed by atoms with Crippen LogP contribution in [-0.2, 0) is 21.2 Å². The summed E-state index contributed by atoms with van der Waals surface area (Å²) in [5.74, 6) is 0. The van der Waals surface area contributed by atoms with Crippen LogP contribution in [0.4, 0.5) is 13.2 Å². The topological polar surface area (TPSA) is 72.0 Å². The van der Waals surface area contributed by atoms with E-state index in [2.05, 4.69) is 14.9 Å². The molecule has 86 valence electrons. The van der Waals surface area contributed by atoms with Gasteiger partial charge in [-0.05, 0) is 0 Å². The van der Waals surface area contributed by atoms with Crippen LogP contribution >= 0.6 is 0 Å². The first-order valence-corrected chi connectivity index (χ1v) is 5.11. The average molecular weight is 244 g/mol. The van der Waals surface area contributed by atoms with E-state index in [0.29, 0.717) is 6.20 Å². The summed E-state index contributed by atoms with van der Waals surface area (Å²) in [7, 11) is -4.13. The van der Waals surface area contributed by atoms with Crippen LogP contribution in [0.1, 0.15) is 5.69 Å². The van der Waals surface area contributed by atoms with Crippen molar-refractivity contribution in [3.8, 4) is 0 Å². The number of nitrogens with one attached hydrogen (secondary N) is 1. The van der Waals surface area contributed by atoms with E-state index in [9.17, 15) is 21.6 Å². The van der Waals surface area contributed by atoms with E-state index in [1.54, 1.807) is 0 Å². The minimum Gasteiger partial charge on any atom is -0.378 e. The molecular weight excluding hydrogens is 237 g/mol. The quantitative estimate of drug-likeness (QED) is 0.855. The normalized spacial score (nSPS) is 13.1. The first kappa shape index (κ1) is 12.0. The third-order valence-electron chi connectivity index (χ3n) is 1.56. The van der Waals surface area contributed by atoms with Crippen LogP contribution < -0.4 is 0 Å². The average Bonchev–Trinajstić information content (AvgIpc) is 2.51. The fraction of sp³-hybridized carbons (Fsp3) is 0.500. The molecule has 0 aliphatic heterocycles. The molecule has 0 atom stereocenters. The molecule has 15 heavy (non-hydrogen) atoms. The van der Waals surface area contributed by atoms with E-state index in [0.717, 1.165) is 0 Å². The number of hydrogen-bond donors (Lipinski definition) is 1. The predicted molar refractivity (Wildman–Crippen MR) is 42.5 cm³/mol. The smallest absolute Gasteiger partial charge is 0.378 e. The van der Waals surface area contributed by atoms with Gasteiger partial charge in [0.25, 0.3) is 9.84 Å². The summed E-state index contributed by atoms with van der Waals surface area (Å²) >= 11 is 0. The van der Waals surface area contributed by atoms with Crippen LogP contribution in [0.3, 0.4) is 0 Å².